The summed E-state index contributed by atoms with van der Waals surface area (Å²) in [7, 11) is 7.36. The molecule has 21 atom stereocenters. The Hall–Kier alpha value is -10.7. The highest BCUT2D eigenvalue weighted by molar-refractivity contribution is 8.77. The Bertz CT molecular complexity index is 5360. The predicted molar refractivity (Wildman–Crippen MR) is 529 cm³/mol. The number of amides is 8. The molecule has 41 heteroatoms. The molecule has 8 amide bonds. The van der Waals surface area contributed by atoms with Crippen LogP contribution < -0.4 is 53.6 Å². The number of alkyl carbamates (subject to hydrolysis) is 1. The lowest BCUT2D eigenvalue weighted by Gasteiger charge is -2.67. The first-order chi connectivity index (χ1) is 67.2. The number of carbonyl (C=O) groups excluding carboxylic acids is 13. The van der Waals surface area contributed by atoms with Crippen LogP contribution in [0.25, 0.3) is 10.9 Å². The van der Waals surface area contributed by atoms with Gasteiger partial charge in [0.05, 0.1) is 60.5 Å². The van der Waals surface area contributed by atoms with Crippen LogP contribution in [0.15, 0.2) is 163 Å². The summed E-state index contributed by atoms with van der Waals surface area (Å²) in [6.45, 7) is 14.2. The summed E-state index contributed by atoms with van der Waals surface area (Å²) in [6.07, 6.45) is -12.4. The minimum Gasteiger partial charge on any atom is -0.455 e. The zero-order valence-electron chi connectivity index (χ0n) is 81.0. The zero-order valence-corrected chi connectivity index (χ0v) is 84.3. The molecule has 11 rings (SSSR count). The van der Waals surface area contributed by atoms with Crippen LogP contribution in [-0.4, -0.2) is 287 Å². The fourth-order valence-electron chi connectivity index (χ4n) is 18.9. The monoisotopic (exact) mass is 2030 g/mol. The number of fused-ring (bicyclic) bond motifs is 6. The largest absolute Gasteiger partial charge is 0.509 e. The van der Waals surface area contributed by atoms with Crippen LogP contribution in [0.2, 0.25) is 0 Å². The van der Waals surface area contributed by atoms with Gasteiger partial charge >= 0.3 is 30.2 Å². The second-order valence-corrected chi connectivity index (χ2v) is 42.8. The van der Waals surface area contributed by atoms with E-state index < -0.39 is 227 Å². The molecule has 0 spiro atoms. The van der Waals surface area contributed by atoms with Crippen LogP contribution >= 0.6 is 43.2 Å². The number of aliphatic hydroxyl groups excluding tert-OH is 3. The van der Waals surface area contributed by atoms with E-state index in [1.807, 2.05) is 30.3 Å². The van der Waals surface area contributed by atoms with Crippen LogP contribution in [-0.2, 0) is 110 Å². The SMILES string of the molecule is CO[C@H]1C(=O)[C@]2(C)[C@@H](OC)C[C@H]3OC[C@@]3(OC(C)=O)[C@H]2[C@H](OC(=O)c2ccccc2)[C@]2(O)C[C@H](OC(=O)[C@H](OC(=O)OCCSSCCCN[C@H](Cc3ccccc3)C(=O)N[C@H]3CSSC[C@@H](C(=O)N[C@H](CO)[C@@H](C)O)NC(=O)[C@H]([C@@H](C)O)NC(=O)[C@H](CCCCN)NC(=O)[C@@H](Cc4c[nH]c5ccccc45)NC(=O)[C@H](Cc4ccccc4)NC3=O)[C@@H](NC(=O)OC(C)(C)C)c3ccccc3)C(C)=C1C2(C)C. The summed E-state index contributed by atoms with van der Waals surface area (Å²) >= 11 is 0. The highest BCUT2D eigenvalue weighted by Crippen LogP contribution is 2.65. The molecule has 2 aliphatic heterocycles. The maximum Gasteiger partial charge on any atom is 0.509 e. The molecule has 4 fully saturated rings. The van der Waals surface area contributed by atoms with Crippen LogP contribution in [0.3, 0.4) is 0 Å². The van der Waals surface area contributed by atoms with Gasteiger partial charge in [0.2, 0.25) is 47.5 Å². The summed E-state index contributed by atoms with van der Waals surface area (Å²) in [5, 5.41) is 72.2. The molecule has 0 unspecified atom stereocenters. The number of aliphatic hydroxyl groups is 4. The molecule has 5 aromatic carbocycles. The lowest BCUT2D eigenvalue weighted by atomic mass is 9.44. The van der Waals surface area contributed by atoms with Crippen LogP contribution in [0.5, 0.6) is 0 Å². The quantitative estimate of drug-likeness (QED) is 0.00665. The van der Waals surface area contributed by atoms with Crippen molar-refractivity contribution in [2.45, 2.75) is 247 Å². The molecule has 2 saturated carbocycles. The Balaban J connectivity index is 0.821. The predicted octanol–water partition coefficient (Wildman–Crippen LogP) is 6.34. The number of hydrogen-bond donors (Lipinski definition) is 15. The summed E-state index contributed by atoms with van der Waals surface area (Å²) in [5.41, 5.74) is 0.448. The second kappa shape index (κ2) is 50.5. The lowest BCUT2D eigenvalue weighted by Crippen LogP contribution is -2.82. The number of aromatic amines is 1. The Morgan fingerprint density at radius 1 is 0.702 bits per heavy atom. The molecular weight excluding hydrogens is 1900 g/mol. The number of aromatic nitrogens is 1. The first-order valence-corrected chi connectivity index (χ1v) is 52.0. The van der Waals surface area contributed by atoms with Gasteiger partial charge in [0.15, 0.2) is 11.4 Å². The number of H-pyrrole nitrogens is 1. The van der Waals surface area contributed by atoms with E-state index in [1.165, 1.54) is 68.7 Å². The van der Waals surface area contributed by atoms with E-state index in [0.29, 0.717) is 47.0 Å². The molecule has 766 valence electrons. The average molecular weight is 2030 g/mol. The van der Waals surface area contributed by atoms with E-state index >= 15 is 28.8 Å². The van der Waals surface area contributed by atoms with Crippen molar-refractivity contribution in [1.29, 1.82) is 0 Å². The smallest absolute Gasteiger partial charge is 0.455 e. The number of methoxy groups -OCH3 is 2. The van der Waals surface area contributed by atoms with Crippen molar-refractivity contribution >= 4 is 131 Å². The number of ether oxygens (including phenoxy) is 9. The second-order valence-electron chi connectivity index (χ2n) is 37.6. The molecule has 2 bridgehead atoms. The van der Waals surface area contributed by atoms with Crippen molar-refractivity contribution in [2.75, 3.05) is 70.1 Å². The normalized spacial score (nSPS) is 26.4. The van der Waals surface area contributed by atoms with Gasteiger partial charge in [-0.05, 0) is 145 Å². The third kappa shape index (κ3) is 27.7. The van der Waals surface area contributed by atoms with Gasteiger partial charge in [-0.1, -0.05) is 184 Å². The van der Waals surface area contributed by atoms with Crippen molar-refractivity contribution in [3.8, 4) is 0 Å². The maximum absolute atomic E-state index is 16.2. The molecule has 5 aliphatic rings. The Morgan fingerprint density at radius 2 is 1.32 bits per heavy atom. The molecule has 16 N–H and O–H groups in total. The highest BCUT2D eigenvalue weighted by Gasteiger charge is 2.78. The van der Waals surface area contributed by atoms with Gasteiger partial charge in [-0.2, -0.15) is 0 Å². The average Bonchev–Trinajstić information content (AvgIpc) is 0.905. The molecule has 37 nitrogen and oxygen atoms in total. The fraction of sp³-hybridized carbons (Fsp3) is 0.530. The molecule has 3 aliphatic carbocycles. The highest BCUT2D eigenvalue weighted by atomic mass is 33.1. The third-order valence-corrected chi connectivity index (χ3v) is 31.2. The molecule has 6 aromatic rings. The van der Waals surface area contributed by atoms with E-state index in [4.69, 9.17) is 48.4 Å². The van der Waals surface area contributed by atoms with Gasteiger partial charge in [0.25, 0.3) is 0 Å². The van der Waals surface area contributed by atoms with Crippen LogP contribution in [0.4, 0.5) is 9.59 Å². The molecule has 1 aromatic heterocycles. The Morgan fingerprint density at radius 3 is 1.94 bits per heavy atom. The first kappa shape index (κ1) is 111. The summed E-state index contributed by atoms with van der Waals surface area (Å²) in [4.78, 5) is 196. The minimum absolute atomic E-state index is 0.0251. The number of nitrogens with two attached hydrogens (primary N) is 1. The van der Waals surface area contributed by atoms with Gasteiger partial charge < -0.3 is 122 Å². The van der Waals surface area contributed by atoms with Gasteiger partial charge in [-0.25, -0.2) is 19.2 Å². The molecule has 3 heterocycles. The van der Waals surface area contributed by atoms with Crippen molar-refractivity contribution < 1.29 is 125 Å². The number of carbonyl (C=O) groups is 13. The van der Waals surface area contributed by atoms with Crippen LogP contribution in [0, 0.1) is 16.7 Å². The first-order valence-electron chi connectivity index (χ1n) is 47.0. The van der Waals surface area contributed by atoms with E-state index in [0.717, 1.165) is 27.2 Å². The van der Waals surface area contributed by atoms with Crippen molar-refractivity contribution in [2.24, 2.45) is 22.5 Å². The fourth-order valence-corrected chi connectivity index (χ4v) is 23.1. The van der Waals surface area contributed by atoms with E-state index in [2.05, 4.69) is 52.8 Å². The van der Waals surface area contributed by atoms with Gasteiger partial charge in [-0.3, -0.25) is 43.2 Å². The van der Waals surface area contributed by atoms with Gasteiger partial charge in [-0.15, -0.1) is 0 Å². The van der Waals surface area contributed by atoms with Crippen LogP contribution in [0.1, 0.15) is 146 Å². The molecular formula is C100H131N11O26S4. The standard InChI is InChI=1S/C100H131N11O26S4/c1-56-74(50-100(128)84(135-92(124)63-36-23-16-24-37-63)82-98(10,83(116)80(130-12)77(56)97(100,8)9)75(129-11)49-76-99(82,55-132-76)136-59(4)115)133-93(125)81(79(62-34-21-15-22-35-62)111-94(126)137-96(5,6)7)134-95(127)131-43-45-139-138-44-29-42-102-68(46-60-30-17-13-18-31-60)86(118)108-72-53-140-141-54-73(90(122)107-71(52-112)57(2)113)109-91(123)78(58(3)114)110-85(117)67(40-27-28-41-101)104-88(120)70(48-64-51-103-66-39-26-25-38-65(64)66)106-87(119)69(105-89(72)121)47-61-32-19-14-20-33-61/h13-26,30-39,51,57-58,67-76,78-82,84,102-103,112-114,128H,27-29,40-50,52-55,101H2,1-12H3,(H,104,120)(H,105,121)(H,106,119)(H,107,122)(H,108,118)(H,109,123)(H,110,117)(H,111,126)/t57-,58-,67+,68-,69+,70-,71-,72+,73+,74+,75+,76-,78+,79+,80-,81-,82+,84+,98-,99+,100-/m1/s1. The Kier molecular flexibility index (Phi) is 39.7. The van der Waals surface area contributed by atoms with Crippen molar-refractivity contribution in [3.05, 3.63) is 191 Å². The number of Topliss-reactive ketones (excluding diaryl/α,β-unsaturated/α-hetero) is 1. The topological polar surface area (TPSA) is 536 Å². The van der Waals surface area contributed by atoms with Gasteiger partial charge in [0.1, 0.15) is 84.5 Å². The lowest BCUT2D eigenvalue weighted by molar-refractivity contribution is -0.347. The molecule has 2 saturated heterocycles. The zero-order chi connectivity index (χ0) is 102. The molecule has 141 heavy (non-hydrogen) atoms. The number of unbranched alkanes of at least 4 members (excludes halogenated alkanes) is 1. The summed E-state index contributed by atoms with van der Waals surface area (Å²) in [5.74, 6) is -11.1. The van der Waals surface area contributed by atoms with Crippen molar-refractivity contribution in [3.63, 3.8) is 0 Å². The Labute approximate surface area is 835 Å². The number of para-hydroxylation sites is 1. The third-order valence-electron chi connectivity index (χ3n) is 26.3. The maximum atomic E-state index is 16.2. The van der Waals surface area contributed by atoms with E-state index in [9.17, 15) is 54.0 Å². The van der Waals surface area contributed by atoms with Gasteiger partial charge in [0, 0.05) is 92.4 Å². The number of rotatable bonds is 37. The molecule has 0 radical (unpaired) electrons. The number of benzene rings is 5. The minimum atomic E-state index is -2.42. The van der Waals surface area contributed by atoms with Crippen molar-refractivity contribution in [1.82, 2.24) is 52.8 Å². The van der Waals surface area contributed by atoms with E-state index in [1.54, 1.807) is 158 Å². The number of nitrogens with one attached hydrogen (secondary N) is 10. The number of hydrogen-bond acceptors (Lipinski definition) is 32. The number of esters is 3. The summed E-state index contributed by atoms with van der Waals surface area (Å²) < 4.78 is 55.5. The number of ketones is 1. The van der Waals surface area contributed by atoms with E-state index in [-0.39, 0.29) is 97.9 Å². The summed E-state index contributed by atoms with van der Waals surface area (Å²) in [6, 6.07) is 28.0.